The fourth-order valence-corrected chi connectivity index (χ4v) is 2.87. The number of hydrogen-bond donors (Lipinski definition) is 2. The SMILES string of the molecule is CC(NC(=O)[C@@H]1Cc2ccccc2N1)c1ccc(Br)cc1. The van der Waals surface area contributed by atoms with E-state index in [-0.39, 0.29) is 18.0 Å². The fraction of sp³-hybridized carbons (Fsp3) is 0.235. The molecule has 0 aromatic heterocycles. The van der Waals surface area contributed by atoms with E-state index in [9.17, 15) is 4.79 Å². The monoisotopic (exact) mass is 344 g/mol. The van der Waals surface area contributed by atoms with Gasteiger partial charge in [0.1, 0.15) is 6.04 Å². The number of hydrogen-bond acceptors (Lipinski definition) is 2. The summed E-state index contributed by atoms with van der Waals surface area (Å²) in [5, 5.41) is 6.36. The van der Waals surface area contributed by atoms with Crippen molar-refractivity contribution >= 4 is 27.5 Å². The first-order chi connectivity index (χ1) is 10.1. The molecular weight excluding hydrogens is 328 g/mol. The molecule has 3 nitrogen and oxygen atoms in total. The average Bonchev–Trinajstić information content (AvgIpc) is 2.92. The van der Waals surface area contributed by atoms with Gasteiger partial charge in [-0.25, -0.2) is 0 Å². The smallest absolute Gasteiger partial charge is 0.243 e. The number of amides is 1. The zero-order chi connectivity index (χ0) is 14.8. The summed E-state index contributed by atoms with van der Waals surface area (Å²) in [7, 11) is 0. The van der Waals surface area contributed by atoms with Gasteiger partial charge in [0.2, 0.25) is 5.91 Å². The fourth-order valence-electron chi connectivity index (χ4n) is 2.60. The number of carbonyl (C=O) groups is 1. The molecule has 21 heavy (non-hydrogen) atoms. The predicted molar refractivity (Wildman–Crippen MR) is 88.3 cm³/mol. The van der Waals surface area contributed by atoms with E-state index in [0.717, 1.165) is 22.1 Å². The third-order valence-corrected chi connectivity index (χ3v) is 4.35. The maximum absolute atomic E-state index is 12.4. The molecule has 1 aliphatic rings. The first kappa shape index (κ1) is 14.1. The standard InChI is InChI=1S/C17H17BrN2O/c1-11(12-6-8-14(18)9-7-12)19-17(21)16-10-13-4-2-3-5-15(13)20-16/h2-9,11,16,20H,10H2,1H3,(H,19,21)/t11?,16-/m0/s1. The van der Waals surface area contributed by atoms with Crippen molar-refractivity contribution < 1.29 is 4.79 Å². The topological polar surface area (TPSA) is 41.1 Å². The molecular formula is C17H17BrN2O. The van der Waals surface area contributed by atoms with Gasteiger partial charge in [-0.05, 0) is 36.2 Å². The van der Waals surface area contributed by atoms with Gasteiger partial charge < -0.3 is 10.6 Å². The van der Waals surface area contributed by atoms with Crippen molar-refractivity contribution in [3.63, 3.8) is 0 Å². The molecule has 2 aromatic carbocycles. The molecule has 0 bridgehead atoms. The van der Waals surface area contributed by atoms with Gasteiger partial charge in [-0.15, -0.1) is 0 Å². The number of rotatable bonds is 3. The van der Waals surface area contributed by atoms with Crippen LogP contribution < -0.4 is 10.6 Å². The molecule has 1 aliphatic heterocycles. The highest BCUT2D eigenvalue weighted by molar-refractivity contribution is 9.10. The molecule has 2 aromatic rings. The Morgan fingerprint density at radius 3 is 2.67 bits per heavy atom. The van der Waals surface area contributed by atoms with Crippen molar-refractivity contribution in [2.75, 3.05) is 5.32 Å². The van der Waals surface area contributed by atoms with E-state index in [2.05, 4.69) is 32.6 Å². The lowest BCUT2D eigenvalue weighted by Gasteiger charge is -2.18. The molecule has 0 saturated carbocycles. The molecule has 3 rings (SSSR count). The van der Waals surface area contributed by atoms with E-state index in [4.69, 9.17) is 0 Å². The molecule has 1 heterocycles. The largest absolute Gasteiger partial charge is 0.373 e. The predicted octanol–water partition coefficient (Wildman–Crippen LogP) is 3.66. The van der Waals surface area contributed by atoms with Crippen LogP contribution in [0.2, 0.25) is 0 Å². The molecule has 108 valence electrons. The van der Waals surface area contributed by atoms with Crippen LogP contribution in [0.5, 0.6) is 0 Å². The lowest BCUT2D eigenvalue weighted by atomic mass is 10.1. The first-order valence-electron chi connectivity index (χ1n) is 7.04. The summed E-state index contributed by atoms with van der Waals surface area (Å²) in [5.41, 5.74) is 3.37. The zero-order valence-electron chi connectivity index (χ0n) is 11.8. The highest BCUT2D eigenvalue weighted by Crippen LogP contribution is 2.25. The van der Waals surface area contributed by atoms with Crippen LogP contribution in [0.1, 0.15) is 24.1 Å². The third-order valence-electron chi connectivity index (χ3n) is 3.82. The Morgan fingerprint density at radius 1 is 1.24 bits per heavy atom. The normalized spacial score (nSPS) is 17.7. The summed E-state index contributed by atoms with van der Waals surface area (Å²) in [6, 6.07) is 15.9. The summed E-state index contributed by atoms with van der Waals surface area (Å²) in [6.45, 7) is 2.00. The minimum atomic E-state index is -0.180. The second kappa shape index (κ2) is 5.90. The Labute approximate surface area is 132 Å². The first-order valence-corrected chi connectivity index (χ1v) is 7.83. The molecule has 0 aliphatic carbocycles. The Morgan fingerprint density at radius 2 is 1.95 bits per heavy atom. The maximum atomic E-state index is 12.4. The van der Waals surface area contributed by atoms with Crippen LogP contribution in [0.25, 0.3) is 0 Å². The van der Waals surface area contributed by atoms with Gasteiger partial charge in [0.15, 0.2) is 0 Å². The van der Waals surface area contributed by atoms with Crippen LogP contribution in [0, 0.1) is 0 Å². The number of anilines is 1. The minimum Gasteiger partial charge on any atom is -0.373 e. The summed E-state index contributed by atoms with van der Waals surface area (Å²) in [5.74, 6) is 0.0432. The minimum absolute atomic E-state index is 0.00360. The van der Waals surface area contributed by atoms with Gasteiger partial charge in [-0.2, -0.15) is 0 Å². The number of nitrogens with one attached hydrogen (secondary N) is 2. The number of fused-ring (bicyclic) bond motifs is 1. The van der Waals surface area contributed by atoms with E-state index < -0.39 is 0 Å². The van der Waals surface area contributed by atoms with E-state index in [1.165, 1.54) is 5.56 Å². The van der Waals surface area contributed by atoms with Gasteiger partial charge in [-0.3, -0.25) is 4.79 Å². The van der Waals surface area contributed by atoms with Gasteiger partial charge >= 0.3 is 0 Å². The van der Waals surface area contributed by atoms with Crippen molar-refractivity contribution in [1.29, 1.82) is 0 Å². The molecule has 0 fully saturated rings. The second-order valence-corrected chi connectivity index (χ2v) is 6.26. The summed E-state index contributed by atoms with van der Waals surface area (Å²) >= 11 is 3.42. The number of carbonyl (C=O) groups excluding carboxylic acids is 1. The molecule has 0 spiro atoms. The van der Waals surface area contributed by atoms with Crippen LogP contribution in [0.3, 0.4) is 0 Å². The summed E-state index contributed by atoms with van der Waals surface area (Å²) in [6.07, 6.45) is 0.745. The Balaban J connectivity index is 1.64. The molecule has 4 heteroatoms. The van der Waals surface area contributed by atoms with Crippen molar-refractivity contribution in [3.05, 3.63) is 64.1 Å². The van der Waals surface area contributed by atoms with Crippen molar-refractivity contribution in [2.24, 2.45) is 0 Å². The van der Waals surface area contributed by atoms with E-state index in [1.54, 1.807) is 0 Å². The Kier molecular flexibility index (Phi) is 3.97. The number of benzene rings is 2. The summed E-state index contributed by atoms with van der Waals surface area (Å²) < 4.78 is 1.04. The van der Waals surface area contributed by atoms with E-state index in [1.807, 2.05) is 49.4 Å². The molecule has 2 atom stereocenters. The van der Waals surface area contributed by atoms with Crippen LogP contribution in [-0.2, 0) is 11.2 Å². The van der Waals surface area contributed by atoms with E-state index in [0.29, 0.717) is 0 Å². The highest BCUT2D eigenvalue weighted by atomic mass is 79.9. The lowest BCUT2D eigenvalue weighted by molar-refractivity contribution is -0.122. The van der Waals surface area contributed by atoms with Crippen LogP contribution in [-0.4, -0.2) is 11.9 Å². The van der Waals surface area contributed by atoms with Crippen molar-refractivity contribution in [1.82, 2.24) is 5.32 Å². The van der Waals surface area contributed by atoms with Crippen molar-refractivity contribution in [3.8, 4) is 0 Å². The maximum Gasteiger partial charge on any atom is 0.243 e. The molecule has 1 amide bonds. The quantitative estimate of drug-likeness (QED) is 0.891. The molecule has 0 saturated heterocycles. The van der Waals surface area contributed by atoms with Crippen LogP contribution in [0.4, 0.5) is 5.69 Å². The van der Waals surface area contributed by atoms with Crippen LogP contribution >= 0.6 is 15.9 Å². The Hall–Kier alpha value is -1.81. The van der Waals surface area contributed by atoms with Gasteiger partial charge in [0.05, 0.1) is 6.04 Å². The van der Waals surface area contributed by atoms with Gasteiger partial charge in [0, 0.05) is 16.6 Å². The lowest BCUT2D eigenvalue weighted by Crippen LogP contribution is -2.39. The number of halogens is 1. The molecule has 0 radical (unpaired) electrons. The number of para-hydroxylation sites is 1. The summed E-state index contributed by atoms with van der Waals surface area (Å²) in [4.78, 5) is 12.4. The van der Waals surface area contributed by atoms with Crippen molar-refractivity contribution in [2.45, 2.75) is 25.4 Å². The molecule has 2 N–H and O–H groups in total. The second-order valence-electron chi connectivity index (χ2n) is 5.34. The van der Waals surface area contributed by atoms with Gasteiger partial charge in [-0.1, -0.05) is 46.3 Å². The van der Waals surface area contributed by atoms with E-state index >= 15 is 0 Å². The van der Waals surface area contributed by atoms with Crippen LogP contribution in [0.15, 0.2) is 53.0 Å². The Bertz CT molecular complexity index is 629. The zero-order valence-corrected chi connectivity index (χ0v) is 13.4. The highest BCUT2D eigenvalue weighted by Gasteiger charge is 2.27. The molecule has 1 unspecified atom stereocenters. The van der Waals surface area contributed by atoms with Gasteiger partial charge in [0.25, 0.3) is 0 Å². The average molecular weight is 345 g/mol. The third kappa shape index (κ3) is 3.10.